The first kappa shape index (κ1) is 16.8. The Balaban J connectivity index is 2.09. The minimum absolute atomic E-state index is 0.0524. The normalized spacial score (nSPS) is 14.6. The first-order valence-corrected chi connectivity index (χ1v) is 10.1. The van der Waals surface area contributed by atoms with Crippen LogP contribution < -0.4 is 4.31 Å². The molecule has 0 saturated heterocycles. The molecule has 0 bridgehead atoms. The van der Waals surface area contributed by atoms with Crippen molar-refractivity contribution in [3.63, 3.8) is 0 Å². The first-order chi connectivity index (χ1) is 11.5. The third-order valence-electron chi connectivity index (χ3n) is 3.07. The summed E-state index contributed by atoms with van der Waals surface area (Å²) in [5, 5.41) is 15.4. The number of thiophene rings is 1. The zero-order valence-corrected chi connectivity index (χ0v) is 14.6. The van der Waals surface area contributed by atoms with Crippen molar-refractivity contribution < 1.29 is 23.2 Å². The smallest absolute Gasteiger partial charge is 0.426 e. The molecule has 0 aliphatic carbocycles. The monoisotopic (exact) mass is 384 g/mol. The Bertz CT molecular complexity index is 877. The molecule has 1 aromatic carbocycles. The zero-order chi connectivity index (χ0) is 17.2. The van der Waals surface area contributed by atoms with Gasteiger partial charge in [0.15, 0.2) is 5.04 Å². The van der Waals surface area contributed by atoms with E-state index in [0.717, 1.165) is 0 Å². The number of carboxylic acid groups (broad SMARTS) is 1. The fourth-order valence-corrected chi connectivity index (χ4v) is 5.75. The first-order valence-electron chi connectivity index (χ1n) is 6.76. The van der Waals surface area contributed by atoms with Crippen LogP contribution in [0.3, 0.4) is 0 Å². The highest BCUT2D eigenvalue weighted by Crippen LogP contribution is 2.32. The maximum absolute atomic E-state index is 12.9. The largest absolute Gasteiger partial charge is 0.464 e. The van der Waals surface area contributed by atoms with Crippen molar-refractivity contribution in [3.05, 3.63) is 46.7 Å². The van der Waals surface area contributed by atoms with E-state index in [1.807, 2.05) is 0 Å². The Morgan fingerprint density at radius 1 is 1.25 bits per heavy atom. The second-order valence-electron chi connectivity index (χ2n) is 4.58. The van der Waals surface area contributed by atoms with Gasteiger partial charge in [-0.3, -0.25) is 0 Å². The van der Waals surface area contributed by atoms with E-state index in [4.69, 9.17) is 4.84 Å². The number of sulfonamides is 1. The van der Waals surface area contributed by atoms with E-state index in [-0.39, 0.29) is 10.6 Å². The number of para-hydroxylation sites is 1. The number of oxime groups is 1. The summed E-state index contributed by atoms with van der Waals surface area (Å²) in [5.41, 5.74) is 0.0524. The van der Waals surface area contributed by atoms with Crippen molar-refractivity contribution in [1.82, 2.24) is 0 Å². The minimum Gasteiger partial charge on any atom is -0.464 e. The summed E-state index contributed by atoms with van der Waals surface area (Å²) in [4.78, 5) is 16.9. The van der Waals surface area contributed by atoms with Crippen LogP contribution in [0.25, 0.3) is 0 Å². The minimum atomic E-state index is -4.30. The summed E-state index contributed by atoms with van der Waals surface area (Å²) in [5.74, 6) is 0.650. The quantitative estimate of drug-likeness (QED) is 0.870. The van der Waals surface area contributed by atoms with E-state index in [1.54, 1.807) is 23.6 Å². The number of amides is 1. The molecule has 126 valence electrons. The van der Waals surface area contributed by atoms with Gasteiger partial charge in [-0.1, -0.05) is 35.1 Å². The third kappa shape index (κ3) is 3.12. The fraction of sp³-hybridized carbons (Fsp3) is 0.143. The highest BCUT2D eigenvalue weighted by atomic mass is 32.2. The lowest BCUT2D eigenvalue weighted by atomic mass is 10.3. The van der Waals surface area contributed by atoms with Crippen LogP contribution >= 0.6 is 23.1 Å². The Kier molecular flexibility index (Phi) is 4.78. The molecule has 1 aliphatic heterocycles. The van der Waals surface area contributed by atoms with E-state index < -0.39 is 16.1 Å². The number of carbonyl (C=O) groups is 1. The molecule has 0 spiro atoms. The molecule has 10 heteroatoms. The molecule has 0 radical (unpaired) electrons. The molecule has 0 fully saturated rings. The molecule has 3 rings (SSSR count). The highest BCUT2D eigenvalue weighted by molar-refractivity contribution is 8.14. The lowest BCUT2D eigenvalue weighted by Crippen LogP contribution is -2.36. The van der Waals surface area contributed by atoms with Crippen LogP contribution in [-0.4, -0.2) is 37.0 Å². The number of anilines is 1. The Labute approximate surface area is 146 Å². The van der Waals surface area contributed by atoms with Gasteiger partial charge < -0.3 is 9.94 Å². The molecular weight excluding hydrogens is 372 g/mol. The molecule has 0 atom stereocenters. The SMILES string of the molecule is O=C(O)N(c1ccccc1)S(=O)(=O)c1ccsc1C1=NOCCS1. The Morgan fingerprint density at radius 3 is 2.62 bits per heavy atom. The van der Waals surface area contributed by atoms with Crippen LogP contribution in [0.1, 0.15) is 4.88 Å². The van der Waals surface area contributed by atoms with Crippen LogP contribution in [-0.2, 0) is 14.9 Å². The van der Waals surface area contributed by atoms with Crippen molar-refractivity contribution in [1.29, 1.82) is 0 Å². The standard InChI is InChI=1S/C14H12N2O5S3/c17-14(18)16(10-4-2-1-3-5-10)24(19,20)11-6-8-22-12(11)13-15-21-7-9-23-13/h1-6,8H,7,9H2,(H,17,18). The van der Waals surface area contributed by atoms with Crippen LogP contribution in [0.5, 0.6) is 0 Å². The van der Waals surface area contributed by atoms with E-state index in [1.165, 1.54) is 41.3 Å². The molecule has 1 aliphatic rings. The van der Waals surface area contributed by atoms with E-state index in [9.17, 15) is 18.3 Å². The molecule has 1 aromatic heterocycles. The van der Waals surface area contributed by atoms with E-state index >= 15 is 0 Å². The van der Waals surface area contributed by atoms with E-state index in [2.05, 4.69) is 5.16 Å². The highest BCUT2D eigenvalue weighted by Gasteiger charge is 2.34. The van der Waals surface area contributed by atoms with Gasteiger partial charge in [0.1, 0.15) is 11.5 Å². The van der Waals surface area contributed by atoms with Crippen LogP contribution in [0.4, 0.5) is 10.5 Å². The Morgan fingerprint density at radius 2 is 2.00 bits per heavy atom. The van der Waals surface area contributed by atoms with Gasteiger partial charge in [0.05, 0.1) is 10.6 Å². The average molecular weight is 384 g/mol. The summed E-state index contributed by atoms with van der Waals surface area (Å²) in [7, 11) is -4.30. The summed E-state index contributed by atoms with van der Waals surface area (Å²) in [6.45, 7) is 0.451. The topological polar surface area (TPSA) is 96.3 Å². The molecule has 0 unspecified atom stereocenters. The van der Waals surface area contributed by atoms with Gasteiger partial charge in [-0.15, -0.1) is 11.3 Å². The lowest BCUT2D eigenvalue weighted by molar-refractivity contribution is 0.160. The fourth-order valence-electron chi connectivity index (χ4n) is 2.08. The van der Waals surface area contributed by atoms with Crippen LogP contribution in [0.2, 0.25) is 0 Å². The van der Waals surface area contributed by atoms with Gasteiger partial charge in [0, 0.05) is 5.75 Å². The number of rotatable bonds is 4. The second-order valence-corrected chi connectivity index (χ2v) is 8.33. The molecule has 2 heterocycles. The van der Waals surface area contributed by atoms with Gasteiger partial charge in [-0.25, -0.2) is 13.2 Å². The molecule has 24 heavy (non-hydrogen) atoms. The van der Waals surface area contributed by atoms with E-state index in [0.29, 0.717) is 26.6 Å². The third-order valence-corrected chi connectivity index (χ3v) is 6.91. The number of benzene rings is 1. The van der Waals surface area contributed by atoms with Crippen LogP contribution in [0, 0.1) is 0 Å². The number of thioether (sulfide) groups is 1. The summed E-state index contributed by atoms with van der Waals surface area (Å²) >= 11 is 2.55. The number of hydrogen-bond acceptors (Lipinski definition) is 7. The van der Waals surface area contributed by atoms with Gasteiger partial charge in [-0.05, 0) is 23.6 Å². The number of nitrogens with zero attached hydrogens (tertiary/aromatic N) is 2. The zero-order valence-electron chi connectivity index (χ0n) is 12.2. The predicted octanol–water partition coefficient (Wildman–Crippen LogP) is 3.05. The average Bonchev–Trinajstić information content (AvgIpc) is 3.07. The summed E-state index contributed by atoms with van der Waals surface area (Å²) < 4.78 is 26.3. The van der Waals surface area contributed by atoms with Crippen molar-refractivity contribution in [2.24, 2.45) is 5.16 Å². The van der Waals surface area contributed by atoms with Crippen molar-refractivity contribution in [2.45, 2.75) is 4.90 Å². The molecule has 1 N–H and O–H groups in total. The molecule has 7 nitrogen and oxygen atoms in total. The summed E-state index contributed by atoms with van der Waals surface area (Å²) in [6, 6.07) is 9.05. The van der Waals surface area contributed by atoms with Gasteiger partial charge >= 0.3 is 6.09 Å². The van der Waals surface area contributed by atoms with Crippen LogP contribution in [0.15, 0.2) is 51.8 Å². The Hall–Kier alpha value is -2.04. The molecule has 2 aromatic rings. The molecule has 1 amide bonds. The number of hydrogen-bond donors (Lipinski definition) is 1. The van der Waals surface area contributed by atoms with Gasteiger partial charge in [0.25, 0.3) is 10.0 Å². The summed E-state index contributed by atoms with van der Waals surface area (Å²) in [6.07, 6.45) is -1.58. The second kappa shape index (κ2) is 6.83. The molecular formula is C14H12N2O5S3. The van der Waals surface area contributed by atoms with Crippen molar-refractivity contribution in [3.8, 4) is 0 Å². The van der Waals surface area contributed by atoms with Gasteiger partial charge in [0.2, 0.25) is 0 Å². The lowest BCUT2D eigenvalue weighted by Gasteiger charge is -2.20. The van der Waals surface area contributed by atoms with Crippen molar-refractivity contribution in [2.75, 3.05) is 16.7 Å². The predicted molar refractivity (Wildman–Crippen MR) is 93.4 cm³/mol. The van der Waals surface area contributed by atoms with Gasteiger partial charge in [-0.2, -0.15) is 4.31 Å². The maximum Gasteiger partial charge on any atom is 0.426 e. The molecule has 0 saturated carbocycles. The van der Waals surface area contributed by atoms with Crippen molar-refractivity contribution >= 4 is 49.9 Å². The maximum atomic E-state index is 12.9.